The van der Waals surface area contributed by atoms with Crippen LogP contribution in [0, 0.1) is 21.8 Å². The zero-order valence-electron chi connectivity index (χ0n) is 17.2. The van der Waals surface area contributed by atoms with Gasteiger partial charge in [-0.15, -0.1) is 0 Å². The van der Waals surface area contributed by atoms with Gasteiger partial charge in [0.05, 0.1) is 21.6 Å². The molecule has 0 aromatic heterocycles. The van der Waals surface area contributed by atoms with Crippen LogP contribution in [0.4, 0.5) is 10.1 Å². The molecule has 10 heteroatoms. The van der Waals surface area contributed by atoms with Crippen molar-refractivity contribution in [3.8, 4) is 5.75 Å². The topological polar surface area (TPSA) is 111 Å². The van der Waals surface area contributed by atoms with Crippen LogP contribution in [-0.4, -0.2) is 35.4 Å². The molecule has 2 atom stereocenters. The summed E-state index contributed by atoms with van der Waals surface area (Å²) >= 11 is 5.99. The lowest BCUT2D eigenvalue weighted by Gasteiger charge is -2.24. The fourth-order valence-corrected chi connectivity index (χ4v) is 2.97. The van der Waals surface area contributed by atoms with Crippen LogP contribution in [0.3, 0.4) is 0 Å². The van der Waals surface area contributed by atoms with Crippen molar-refractivity contribution in [2.75, 3.05) is 6.61 Å². The standard InChI is InChI=1S/C21H23ClFN3O5/c1-12(2)19(25-20(27)15-9-8-14(26(29)30)10-16(15)22)21(28)24-13(3)11-31-18-7-5-4-6-17(18)23/h4-10,12-13,19H,11H2,1-3H3,(H,24,28)(H,25,27). The summed E-state index contributed by atoms with van der Waals surface area (Å²) in [5.74, 6) is -1.78. The molecule has 2 unspecified atom stereocenters. The molecule has 2 amide bonds. The molecule has 0 aliphatic heterocycles. The Hall–Kier alpha value is -3.20. The summed E-state index contributed by atoms with van der Waals surface area (Å²) in [5.41, 5.74) is -0.231. The maximum Gasteiger partial charge on any atom is 0.270 e. The first-order chi connectivity index (χ1) is 14.6. The number of ether oxygens (including phenoxy) is 1. The number of hydrogen-bond donors (Lipinski definition) is 2. The van der Waals surface area contributed by atoms with Gasteiger partial charge in [0.25, 0.3) is 11.6 Å². The van der Waals surface area contributed by atoms with Crippen molar-refractivity contribution in [1.82, 2.24) is 10.6 Å². The largest absolute Gasteiger partial charge is 0.488 e. The highest BCUT2D eigenvalue weighted by Crippen LogP contribution is 2.23. The summed E-state index contributed by atoms with van der Waals surface area (Å²) in [7, 11) is 0. The highest BCUT2D eigenvalue weighted by molar-refractivity contribution is 6.34. The fraction of sp³-hybridized carbons (Fsp3) is 0.333. The first-order valence-corrected chi connectivity index (χ1v) is 9.90. The van der Waals surface area contributed by atoms with Crippen molar-refractivity contribution in [2.24, 2.45) is 5.92 Å². The predicted molar refractivity (Wildman–Crippen MR) is 114 cm³/mol. The van der Waals surface area contributed by atoms with E-state index in [1.54, 1.807) is 32.9 Å². The molecule has 0 aliphatic carbocycles. The number of hydrogen-bond acceptors (Lipinski definition) is 5. The van der Waals surface area contributed by atoms with Gasteiger partial charge in [-0.3, -0.25) is 19.7 Å². The number of nitro benzene ring substituents is 1. The monoisotopic (exact) mass is 451 g/mol. The molecule has 0 heterocycles. The van der Waals surface area contributed by atoms with Crippen molar-refractivity contribution in [2.45, 2.75) is 32.9 Å². The van der Waals surface area contributed by atoms with E-state index in [1.807, 2.05) is 0 Å². The van der Waals surface area contributed by atoms with Crippen LogP contribution in [0.25, 0.3) is 0 Å². The normalized spacial score (nSPS) is 12.7. The van der Waals surface area contributed by atoms with Gasteiger partial charge < -0.3 is 15.4 Å². The third-order valence-electron chi connectivity index (χ3n) is 4.36. The van der Waals surface area contributed by atoms with Crippen LogP contribution < -0.4 is 15.4 Å². The van der Waals surface area contributed by atoms with E-state index in [4.69, 9.17) is 16.3 Å². The van der Waals surface area contributed by atoms with Crippen molar-refractivity contribution in [1.29, 1.82) is 0 Å². The number of benzene rings is 2. The second-order valence-electron chi connectivity index (χ2n) is 7.27. The molecule has 2 rings (SSSR count). The summed E-state index contributed by atoms with van der Waals surface area (Å²) in [6.45, 7) is 5.22. The SMILES string of the molecule is CC(COc1ccccc1F)NC(=O)C(NC(=O)c1ccc([N+](=O)[O-])cc1Cl)C(C)C. The number of nitro groups is 1. The quantitative estimate of drug-likeness (QED) is 0.446. The molecule has 0 spiro atoms. The number of nitrogens with zero attached hydrogens (tertiary/aromatic N) is 1. The van der Waals surface area contributed by atoms with Crippen LogP contribution in [0.15, 0.2) is 42.5 Å². The molecule has 8 nitrogen and oxygen atoms in total. The summed E-state index contributed by atoms with van der Waals surface area (Å²) in [5, 5.41) is 16.0. The fourth-order valence-electron chi connectivity index (χ4n) is 2.71. The first-order valence-electron chi connectivity index (χ1n) is 9.52. The summed E-state index contributed by atoms with van der Waals surface area (Å²) in [6, 6.07) is 8.03. The Kier molecular flexibility index (Phi) is 8.32. The Labute approximate surface area is 183 Å². The Balaban J connectivity index is 2.01. The molecule has 0 bridgehead atoms. The van der Waals surface area contributed by atoms with Crippen molar-refractivity contribution >= 4 is 29.1 Å². The van der Waals surface area contributed by atoms with Gasteiger partial charge in [0.1, 0.15) is 12.6 Å². The molecule has 0 fully saturated rings. The number of carbonyl (C=O) groups excluding carboxylic acids is 2. The summed E-state index contributed by atoms with van der Waals surface area (Å²) < 4.78 is 19.0. The third-order valence-corrected chi connectivity index (χ3v) is 4.67. The molecule has 2 N–H and O–H groups in total. The van der Waals surface area contributed by atoms with Crippen molar-refractivity contribution in [3.05, 3.63) is 69.0 Å². The van der Waals surface area contributed by atoms with E-state index in [0.717, 1.165) is 12.1 Å². The molecule has 2 aromatic rings. The molecule has 0 aliphatic rings. The number of rotatable bonds is 9. The molecule has 2 aromatic carbocycles. The van der Waals surface area contributed by atoms with Gasteiger partial charge in [-0.25, -0.2) is 4.39 Å². The number of amides is 2. The van der Waals surface area contributed by atoms with Gasteiger partial charge in [-0.05, 0) is 31.0 Å². The zero-order valence-corrected chi connectivity index (χ0v) is 18.0. The number of para-hydroxylation sites is 1. The van der Waals surface area contributed by atoms with Gasteiger partial charge in [0, 0.05) is 12.1 Å². The molecule has 0 saturated carbocycles. The minimum Gasteiger partial charge on any atom is -0.488 e. The van der Waals surface area contributed by atoms with E-state index in [1.165, 1.54) is 18.2 Å². The number of non-ortho nitro benzene ring substituents is 1. The van der Waals surface area contributed by atoms with Crippen LogP contribution in [0.2, 0.25) is 5.02 Å². The Morgan fingerprint density at radius 1 is 1.16 bits per heavy atom. The molecule has 0 saturated heterocycles. The molecule has 166 valence electrons. The minimum atomic E-state index is -0.894. The number of carbonyl (C=O) groups is 2. The maximum absolute atomic E-state index is 13.6. The first kappa shape index (κ1) is 24.1. The number of halogens is 2. The van der Waals surface area contributed by atoms with Gasteiger partial charge in [-0.2, -0.15) is 0 Å². The average molecular weight is 452 g/mol. The van der Waals surface area contributed by atoms with Crippen LogP contribution in [-0.2, 0) is 4.79 Å². The van der Waals surface area contributed by atoms with E-state index in [0.29, 0.717) is 0 Å². The van der Waals surface area contributed by atoms with Gasteiger partial charge in [0.15, 0.2) is 11.6 Å². The zero-order chi connectivity index (χ0) is 23.1. The Morgan fingerprint density at radius 3 is 2.42 bits per heavy atom. The lowest BCUT2D eigenvalue weighted by Crippen LogP contribution is -2.52. The number of nitrogens with one attached hydrogen (secondary N) is 2. The molecular weight excluding hydrogens is 429 g/mol. The van der Waals surface area contributed by atoms with Gasteiger partial charge in [-0.1, -0.05) is 37.6 Å². The molecule has 31 heavy (non-hydrogen) atoms. The van der Waals surface area contributed by atoms with Gasteiger partial charge in [0.2, 0.25) is 5.91 Å². The Morgan fingerprint density at radius 2 is 1.84 bits per heavy atom. The van der Waals surface area contributed by atoms with Crippen molar-refractivity contribution in [3.63, 3.8) is 0 Å². The van der Waals surface area contributed by atoms with E-state index in [2.05, 4.69) is 10.6 Å². The Bertz CT molecular complexity index is 970. The van der Waals surface area contributed by atoms with Crippen molar-refractivity contribution < 1.29 is 23.6 Å². The lowest BCUT2D eigenvalue weighted by molar-refractivity contribution is -0.384. The summed E-state index contributed by atoms with van der Waals surface area (Å²) in [4.78, 5) is 35.5. The van der Waals surface area contributed by atoms with Crippen LogP contribution in [0.5, 0.6) is 5.75 Å². The maximum atomic E-state index is 13.6. The molecular formula is C21H23ClFN3O5. The smallest absolute Gasteiger partial charge is 0.270 e. The highest BCUT2D eigenvalue weighted by atomic mass is 35.5. The highest BCUT2D eigenvalue weighted by Gasteiger charge is 2.27. The van der Waals surface area contributed by atoms with Crippen LogP contribution in [0.1, 0.15) is 31.1 Å². The van der Waals surface area contributed by atoms with E-state index in [9.17, 15) is 24.1 Å². The van der Waals surface area contributed by atoms with E-state index in [-0.39, 0.29) is 34.5 Å². The summed E-state index contributed by atoms with van der Waals surface area (Å²) in [6.07, 6.45) is 0. The van der Waals surface area contributed by atoms with E-state index >= 15 is 0 Å². The molecule has 0 radical (unpaired) electrons. The second kappa shape index (κ2) is 10.7. The van der Waals surface area contributed by atoms with Crippen LogP contribution >= 0.6 is 11.6 Å². The third kappa shape index (κ3) is 6.65. The average Bonchev–Trinajstić information content (AvgIpc) is 2.70. The predicted octanol–water partition coefficient (Wildman–Crippen LogP) is 3.73. The lowest BCUT2D eigenvalue weighted by atomic mass is 10.0. The van der Waals surface area contributed by atoms with Gasteiger partial charge >= 0.3 is 0 Å². The minimum absolute atomic E-state index is 0.0154. The second-order valence-corrected chi connectivity index (χ2v) is 7.67. The van der Waals surface area contributed by atoms with E-state index < -0.39 is 34.6 Å².